The minimum absolute atomic E-state index is 0.0191. The average molecular weight is 397 g/mol. The van der Waals surface area contributed by atoms with Gasteiger partial charge in [0, 0.05) is 30.9 Å². The maximum Gasteiger partial charge on any atom is 0.574 e. The Hall–Kier alpha value is -2.95. The lowest BCUT2D eigenvalue weighted by Gasteiger charge is -2.16. The predicted octanol–water partition coefficient (Wildman–Crippen LogP) is 2.60. The molecule has 1 aliphatic carbocycles. The maximum absolute atomic E-state index is 12.5. The van der Waals surface area contributed by atoms with Gasteiger partial charge in [0.05, 0.1) is 18.0 Å². The van der Waals surface area contributed by atoms with Crippen molar-refractivity contribution in [3.63, 3.8) is 0 Å². The Balaban J connectivity index is 1.64. The zero-order chi connectivity index (χ0) is 20.1. The highest BCUT2D eigenvalue weighted by atomic mass is 19.4. The molecule has 0 radical (unpaired) electrons. The third kappa shape index (κ3) is 5.28. The minimum Gasteiger partial charge on any atom is -0.393 e. The van der Waals surface area contributed by atoms with Crippen LogP contribution < -0.4 is 15.4 Å². The van der Waals surface area contributed by atoms with Crippen molar-refractivity contribution in [2.45, 2.75) is 31.7 Å². The van der Waals surface area contributed by atoms with Crippen LogP contribution in [0.1, 0.15) is 29.8 Å². The molecule has 1 saturated carbocycles. The molecule has 0 aromatic carbocycles. The molecule has 0 aliphatic heterocycles. The van der Waals surface area contributed by atoms with Crippen LogP contribution in [0, 0.1) is 5.92 Å². The molecule has 1 fully saturated rings. The highest BCUT2D eigenvalue weighted by Crippen LogP contribution is 2.26. The van der Waals surface area contributed by atoms with Crippen LogP contribution in [0.15, 0.2) is 30.7 Å². The Morgan fingerprint density at radius 3 is 2.64 bits per heavy atom. The molecule has 150 valence electrons. The first-order valence-corrected chi connectivity index (χ1v) is 8.58. The van der Waals surface area contributed by atoms with Crippen molar-refractivity contribution in [1.29, 1.82) is 0 Å². The molecule has 2 unspecified atom stereocenters. The van der Waals surface area contributed by atoms with Crippen molar-refractivity contribution in [3.05, 3.63) is 36.4 Å². The number of aromatic nitrogens is 3. The minimum atomic E-state index is -4.84. The number of hydrogen-bond acceptors (Lipinski definition) is 7. The first-order valence-electron chi connectivity index (χ1n) is 8.58. The molecule has 0 spiro atoms. The Morgan fingerprint density at radius 2 is 2.00 bits per heavy atom. The highest BCUT2D eigenvalue weighted by molar-refractivity contribution is 6.05. The maximum atomic E-state index is 12.5. The van der Waals surface area contributed by atoms with Crippen LogP contribution in [0.4, 0.5) is 24.7 Å². The monoisotopic (exact) mass is 397 g/mol. The number of nitrogens with zero attached hydrogens (tertiary/aromatic N) is 3. The fraction of sp³-hybridized carbons (Fsp3) is 0.412. The smallest absolute Gasteiger partial charge is 0.393 e. The van der Waals surface area contributed by atoms with Gasteiger partial charge in [-0.15, -0.1) is 13.2 Å². The van der Waals surface area contributed by atoms with E-state index in [2.05, 4.69) is 30.3 Å². The molecule has 0 bridgehead atoms. The SMILES string of the molecule is O=C(Nc1ccc(OC(F)(F)F)nc1)c1nccnc1NCC1CCCC1O. The van der Waals surface area contributed by atoms with Crippen molar-refractivity contribution in [2.24, 2.45) is 5.92 Å². The summed E-state index contributed by atoms with van der Waals surface area (Å²) in [6.07, 6.45) is 1.17. The van der Waals surface area contributed by atoms with Gasteiger partial charge in [-0.2, -0.15) is 0 Å². The molecule has 0 saturated heterocycles. The van der Waals surface area contributed by atoms with E-state index in [-0.39, 0.29) is 29.2 Å². The first-order chi connectivity index (χ1) is 13.3. The topological polar surface area (TPSA) is 109 Å². The van der Waals surface area contributed by atoms with Gasteiger partial charge in [0.1, 0.15) is 0 Å². The predicted molar refractivity (Wildman–Crippen MR) is 92.7 cm³/mol. The van der Waals surface area contributed by atoms with E-state index >= 15 is 0 Å². The van der Waals surface area contributed by atoms with E-state index in [1.165, 1.54) is 18.5 Å². The van der Waals surface area contributed by atoms with Gasteiger partial charge >= 0.3 is 6.36 Å². The largest absolute Gasteiger partial charge is 0.574 e. The van der Waals surface area contributed by atoms with Gasteiger partial charge in [-0.1, -0.05) is 6.42 Å². The van der Waals surface area contributed by atoms with Crippen LogP contribution >= 0.6 is 0 Å². The summed E-state index contributed by atoms with van der Waals surface area (Å²) in [6.45, 7) is 0.450. The van der Waals surface area contributed by atoms with Crippen molar-refractivity contribution in [2.75, 3.05) is 17.2 Å². The number of aliphatic hydroxyl groups is 1. The summed E-state index contributed by atoms with van der Waals surface area (Å²) >= 11 is 0. The van der Waals surface area contributed by atoms with Crippen molar-refractivity contribution in [3.8, 4) is 5.88 Å². The molecule has 28 heavy (non-hydrogen) atoms. The second-order valence-electron chi connectivity index (χ2n) is 6.28. The second-order valence-corrected chi connectivity index (χ2v) is 6.28. The van der Waals surface area contributed by atoms with Gasteiger partial charge in [-0.3, -0.25) is 4.79 Å². The third-order valence-electron chi connectivity index (χ3n) is 4.28. The number of hydrogen-bond donors (Lipinski definition) is 3. The van der Waals surface area contributed by atoms with Gasteiger partial charge in [-0.25, -0.2) is 15.0 Å². The summed E-state index contributed by atoms with van der Waals surface area (Å²) in [5, 5.41) is 15.4. The number of carbonyl (C=O) groups is 1. The molecular formula is C17H18F3N5O3. The van der Waals surface area contributed by atoms with Gasteiger partial charge in [0.25, 0.3) is 5.91 Å². The summed E-state index contributed by atoms with van der Waals surface area (Å²) in [6, 6.07) is 2.21. The number of rotatable bonds is 6. The molecule has 8 nitrogen and oxygen atoms in total. The number of amides is 1. The molecule has 2 heterocycles. The molecule has 2 atom stereocenters. The number of ether oxygens (including phenoxy) is 1. The zero-order valence-electron chi connectivity index (χ0n) is 14.6. The standard InChI is InChI=1S/C17H18F3N5O3/c18-17(19,20)28-13-5-4-11(9-23-13)25-16(27)14-15(22-7-6-21-14)24-8-10-2-1-3-12(10)26/h4-7,9-10,12,26H,1-3,8H2,(H,22,24)(H,25,27). The summed E-state index contributed by atoms with van der Waals surface area (Å²) in [7, 11) is 0. The molecular weight excluding hydrogens is 379 g/mol. The second kappa shape index (κ2) is 8.38. The molecule has 1 amide bonds. The number of anilines is 2. The number of aliphatic hydroxyl groups excluding tert-OH is 1. The molecule has 2 aromatic heterocycles. The van der Waals surface area contributed by atoms with Gasteiger partial charge in [0.15, 0.2) is 11.5 Å². The fourth-order valence-corrected chi connectivity index (χ4v) is 2.94. The Kier molecular flexibility index (Phi) is 5.93. The van der Waals surface area contributed by atoms with Crippen LogP contribution in [-0.2, 0) is 0 Å². The fourth-order valence-electron chi connectivity index (χ4n) is 2.94. The number of alkyl halides is 3. The van der Waals surface area contributed by atoms with Crippen LogP contribution in [0.3, 0.4) is 0 Å². The average Bonchev–Trinajstić information content (AvgIpc) is 3.05. The molecule has 1 aliphatic rings. The summed E-state index contributed by atoms with van der Waals surface area (Å²) in [4.78, 5) is 24.1. The lowest BCUT2D eigenvalue weighted by Crippen LogP contribution is -2.24. The van der Waals surface area contributed by atoms with E-state index in [1.807, 2.05) is 0 Å². The van der Waals surface area contributed by atoms with Crippen LogP contribution in [-0.4, -0.2) is 45.0 Å². The Labute approximate surface area is 158 Å². The molecule has 11 heteroatoms. The third-order valence-corrected chi connectivity index (χ3v) is 4.28. The zero-order valence-corrected chi connectivity index (χ0v) is 14.6. The Bertz CT molecular complexity index is 816. The molecule has 2 aromatic rings. The van der Waals surface area contributed by atoms with Gasteiger partial charge < -0.3 is 20.5 Å². The highest BCUT2D eigenvalue weighted by Gasteiger charge is 2.31. The summed E-state index contributed by atoms with van der Waals surface area (Å²) in [5.41, 5.74) is 0.188. The Morgan fingerprint density at radius 1 is 1.21 bits per heavy atom. The quantitative estimate of drug-likeness (QED) is 0.687. The summed E-state index contributed by atoms with van der Waals surface area (Å²) in [5.74, 6) is -0.913. The molecule has 3 N–H and O–H groups in total. The van der Waals surface area contributed by atoms with Gasteiger partial charge in [-0.05, 0) is 18.9 Å². The van der Waals surface area contributed by atoms with E-state index in [0.717, 1.165) is 31.5 Å². The molecule has 3 rings (SSSR count). The van der Waals surface area contributed by atoms with E-state index in [9.17, 15) is 23.1 Å². The van der Waals surface area contributed by atoms with Crippen LogP contribution in [0.25, 0.3) is 0 Å². The lowest BCUT2D eigenvalue weighted by molar-refractivity contribution is -0.276. The number of nitrogens with one attached hydrogen (secondary N) is 2. The van der Waals surface area contributed by atoms with Crippen molar-refractivity contribution >= 4 is 17.4 Å². The number of halogens is 3. The van der Waals surface area contributed by atoms with Crippen molar-refractivity contribution in [1.82, 2.24) is 15.0 Å². The number of carbonyl (C=O) groups excluding carboxylic acids is 1. The van der Waals surface area contributed by atoms with E-state index < -0.39 is 18.1 Å². The van der Waals surface area contributed by atoms with Crippen molar-refractivity contribution < 1.29 is 27.8 Å². The van der Waals surface area contributed by atoms with Gasteiger partial charge in [0.2, 0.25) is 5.88 Å². The van der Waals surface area contributed by atoms with E-state index in [4.69, 9.17) is 0 Å². The van der Waals surface area contributed by atoms with E-state index in [0.29, 0.717) is 6.54 Å². The van der Waals surface area contributed by atoms with E-state index in [1.54, 1.807) is 0 Å². The summed E-state index contributed by atoms with van der Waals surface area (Å²) < 4.78 is 40.1. The van der Waals surface area contributed by atoms with Crippen LogP contribution in [0.5, 0.6) is 5.88 Å². The first kappa shape index (κ1) is 19.8. The lowest BCUT2D eigenvalue weighted by atomic mass is 10.1. The number of pyridine rings is 1. The van der Waals surface area contributed by atoms with Crippen LogP contribution in [0.2, 0.25) is 0 Å². The normalized spacial score (nSPS) is 19.3.